The van der Waals surface area contributed by atoms with Crippen molar-refractivity contribution >= 4 is 10.9 Å². The standard InChI is InChI=1S/C15H20N2O/c1-3-16-10-15(2)14-12(8-9-18-15)11-6-4-5-7-13(11)17-14/h4-7,16-17H,3,8-10H2,1-2H3. The largest absolute Gasteiger partial charge is 0.367 e. The molecule has 1 aromatic heterocycles. The van der Waals surface area contributed by atoms with Crippen LogP contribution in [0.4, 0.5) is 0 Å². The Balaban J connectivity index is 2.10. The number of fused-ring (bicyclic) bond motifs is 3. The maximum absolute atomic E-state index is 6.03. The number of nitrogens with one attached hydrogen (secondary N) is 2. The Kier molecular flexibility index (Phi) is 2.88. The van der Waals surface area contributed by atoms with Gasteiger partial charge >= 0.3 is 0 Å². The zero-order chi connectivity index (χ0) is 12.6. The van der Waals surface area contributed by atoms with E-state index in [1.807, 2.05) is 0 Å². The van der Waals surface area contributed by atoms with Crippen molar-refractivity contribution in [2.45, 2.75) is 25.9 Å². The number of H-pyrrole nitrogens is 1. The molecule has 0 saturated heterocycles. The van der Waals surface area contributed by atoms with Crippen LogP contribution >= 0.6 is 0 Å². The van der Waals surface area contributed by atoms with Gasteiger partial charge in [-0.15, -0.1) is 0 Å². The minimum Gasteiger partial charge on any atom is -0.367 e. The van der Waals surface area contributed by atoms with E-state index in [2.05, 4.69) is 48.4 Å². The van der Waals surface area contributed by atoms with E-state index in [1.165, 1.54) is 22.2 Å². The highest BCUT2D eigenvalue weighted by atomic mass is 16.5. The van der Waals surface area contributed by atoms with Gasteiger partial charge in [-0.3, -0.25) is 0 Å². The third kappa shape index (κ3) is 1.74. The normalized spacial score (nSPS) is 23.2. The van der Waals surface area contributed by atoms with Crippen molar-refractivity contribution < 1.29 is 4.74 Å². The molecule has 0 radical (unpaired) electrons. The van der Waals surface area contributed by atoms with E-state index in [4.69, 9.17) is 4.74 Å². The number of hydrogen-bond acceptors (Lipinski definition) is 2. The number of rotatable bonds is 3. The molecular weight excluding hydrogens is 224 g/mol. The van der Waals surface area contributed by atoms with Crippen LogP contribution < -0.4 is 5.32 Å². The molecule has 0 bridgehead atoms. The Morgan fingerprint density at radius 3 is 3.06 bits per heavy atom. The van der Waals surface area contributed by atoms with Crippen LogP contribution in [0.1, 0.15) is 25.1 Å². The molecule has 96 valence electrons. The van der Waals surface area contributed by atoms with E-state index < -0.39 is 0 Å². The van der Waals surface area contributed by atoms with Gasteiger partial charge in [-0.05, 0) is 31.5 Å². The third-order valence-electron chi connectivity index (χ3n) is 3.83. The van der Waals surface area contributed by atoms with Crippen LogP contribution in [0.2, 0.25) is 0 Å². The highest BCUT2D eigenvalue weighted by Gasteiger charge is 2.35. The molecule has 0 saturated carbocycles. The summed E-state index contributed by atoms with van der Waals surface area (Å²) >= 11 is 0. The van der Waals surface area contributed by atoms with Crippen LogP contribution in [0, 0.1) is 0 Å². The van der Waals surface area contributed by atoms with E-state index in [1.54, 1.807) is 0 Å². The van der Waals surface area contributed by atoms with Crippen LogP contribution in [0.25, 0.3) is 10.9 Å². The summed E-state index contributed by atoms with van der Waals surface area (Å²) in [5.41, 5.74) is 3.66. The van der Waals surface area contributed by atoms with Crippen LogP contribution in [0.15, 0.2) is 24.3 Å². The first-order valence-corrected chi connectivity index (χ1v) is 6.69. The van der Waals surface area contributed by atoms with Gasteiger partial charge in [0.05, 0.1) is 12.3 Å². The molecule has 1 aliphatic heterocycles. The van der Waals surface area contributed by atoms with Gasteiger partial charge in [-0.25, -0.2) is 0 Å². The molecule has 0 fully saturated rings. The molecule has 18 heavy (non-hydrogen) atoms. The Hall–Kier alpha value is -1.32. The smallest absolute Gasteiger partial charge is 0.118 e. The lowest BCUT2D eigenvalue weighted by Gasteiger charge is -2.34. The summed E-state index contributed by atoms with van der Waals surface area (Å²) in [6.07, 6.45) is 1.00. The second-order valence-corrected chi connectivity index (χ2v) is 5.13. The molecule has 0 spiro atoms. The van der Waals surface area contributed by atoms with E-state index in [-0.39, 0.29) is 5.60 Å². The Morgan fingerprint density at radius 1 is 1.39 bits per heavy atom. The fourth-order valence-corrected chi connectivity index (χ4v) is 2.86. The molecule has 0 amide bonds. The molecule has 1 unspecified atom stereocenters. The van der Waals surface area contributed by atoms with Gasteiger partial charge < -0.3 is 15.0 Å². The molecule has 3 rings (SSSR count). The number of aromatic nitrogens is 1. The fraction of sp³-hybridized carbons (Fsp3) is 0.467. The van der Waals surface area contributed by atoms with Gasteiger partial charge in [0.15, 0.2) is 0 Å². The van der Waals surface area contributed by atoms with Crippen molar-refractivity contribution in [1.82, 2.24) is 10.3 Å². The third-order valence-corrected chi connectivity index (χ3v) is 3.83. The number of benzene rings is 1. The summed E-state index contributed by atoms with van der Waals surface area (Å²) < 4.78 is 6.03. The summed E-state index contributed by atoms with van der Waals surface area (Å²) in [6, 6.07) is 8.52. The first-order chi connectivity index (χ1) is 8.74. The summed E-state index contributed by atoms with van der Waals surface area (Å²) in [7, 11) is 0. The topological polar surface area (TPSA) is 37.0 Å². The number of hydrogen-bond donors (Lipinski definition) is 2. The molecule has 3 nitrogen and oxygen atoms in total. The Labute approximate surface area is 108 Å². The molecule has 1 aliphatic rings. The second kappa shape index (κ2) is 4.41. The first-order valence-electron chi connectivity index (χ1n) is 6.69. The summed E-state index contributed by atoms with van der Waals surface area (Å²) in [5, 5.41) is 4.74. The van der Waals surface area contributed by atoms with Crippen molar-refractivity contribution in [3.05, 3.63) is 35.5 Å². The lowest BCUT2D eigenvalue weighted by atomic mass is 9.93. The second-order valence-electron chi connectivity index (χ2n) is 5.13. The Bertz CT molecular complexity index is 561. The fourth-order valence-electron chi connectivity index (χ4n) is 2.86. The van der Waals surface area contributed by atoms with Crippen molar-refractivity contribution in [1.29, 1.82) is 0 Å². The lowest BCUT2D eigenvalue weighted by Crippen LogP contribution is -2.41. The molecule has 2 N–H and O–H groups in total. The van der Waals surface area contributed by atoms with Gasteiger partial charge in [0.25, 0.3) is 0 Å². The predicted octanol–water partition coefficient (Wildman–Crippen LogP) is 2.57. The van der Waals surface area contributed by atoms with Crippen molar-refractivity contribution in [3.63, 3.8) is 0 Å². The average molecular weight is 244 g/mol. The van der Waals surface area contributed by atoms with Gasteiger partial charge in [-0.1, -0.05) is 25.1 Å². The summed E-state index contributed by atoms with van der Waals surface area (Å²) in [4.78, 5) is 3.55. The van der Waals surface area contributed by atoms with E-state index >= 15 is 0 Å². The van der Waals surface area contributed by atoms with Crippen LogP contribution in [0.5, 0.6) is 0 Å². The van der Waals surface area contributed by atoms with Gasteiger partial charge in [0, 0.05) is 17.4 Å². The minimum absolute atomic E-state index is 0.234. The number of likely N-dealkylation sites (N-methyl/N-ethyl adjacent to an activating group) is 1. The van der Waals surface area contributed by atoms with Crippen LogP contribution in [-0.4, -0.2) is 24.7 Å². The molecule has 2 aromatic rings. The minimum atomic E-state index is -0.234. The first kappa shape index (κ1) is 11.8. The van der Waals surface area contributed by atoms with Gasteiger partial charge in [0.2, 0.25) is 0 Å². The zero-order valence-electron chi connectivity index (χ0n) is 11.0. The number of ether oxygens (including phenoxy) is 1. The highest BCUT2D eigenvalue weighted by Crippen LogP contribution is 2.36. The van der Waals surface area contributed by atoms with Crippen molar-refractivity contribution in [2.75, 3.05) is 19.7 Å². The maximum atomic E-state index is 6.03. The monoisotopic (exact) mass is 244 g/mol. The molecule has 1 atom stereocenters. The lowest BCUT2D eigenvalue weighted by molar-refractivity contribution is -0.0469. The maximum Gasteiger partial charge on any atom is 0.118 e. The SMILES string of the molecule is CCNCC1(C)OCCc2c1[nH]c1ccccc21. The van der Waals surface area contributed by atoms with E-state index in [9.17, 15) is 0 Å². The van der Waals surface area contributed by atoms with Crippen LogP contribution in [0.3, 0.4) is 0 Å². The number of para-hydroxylation sites is 1. The van der Waals surface area contributed by atoms with E-state index in [0.717, 1.165) is 26.1 Å². The van der Waals surface area contributed by atoms with Gasteiger partial charge in [-0.2, -0.15) is 0 Å². The molecule has 0 aliphatic carbocycles. The van der Waals surface area contributed by atoms with Crippen LogP contribution in [-0.2, 0) is 16.8 Å². The molecule has 1 aromatic carbocycles. The molecular formula is C15H20N2O. The van der Waals surface area contributed by atoms with Crippen molar-refractivity contribution in [3.8, 4) is 0 Å². The Morgan fingerprint density at radius 2 is 2.22 bits per heavy atom. The molecule has 3 heteroatoms. The molecule has 2 heterocycles. The van der Waals surface area contributed by atoms with Crippen molar-refractivity contribution in [2.24, 2.45) is 0 Å². The number of aromatic amines is 1. The average Bonchev–Trinajstić information content (AvgIpc) is 2.77. The van der Waals surface area contributed by atoms with Gasteiger partial charge in [0.1, 0.15) is 5.60 Å². The predicted molar refractivity (Wildman–Crippen MR) is 73.9 cm³/mol. The van der Waals surface area contributed by atoms with E-state index in [0.29, 0.717) is 0 Å². The summed E-state index contributed by atoms with van der Waals surface area (Å²) in [5.74, 6) is 0. The quantitative estimate of drug-likeness (QED) is 0.870. The zero-order valence-corrected chi connectivity index (χ0v) is 11.0. The summed E-state index contributed by atoms with van der Waals surface area (Å²) in [6.45, 7) is 6.91. The highest BCUT2D eigenvalue weighted by molar-refractivity contribution is 5.85.